The lowest BCUT2D eigenvalue weighted by Gasteiger charge is -2.50. The maximum Gasteiger partial charge on any atom is 0.249 e. The van der Waals surface area contributed by atoms with Crippen molar-refractivity contribution in [1.82, 2.24) is 9.88 Å². The van der Waals surface area contributed by atoms with Crippen LogP contribution in [0.2, 0.25) is 0 Å². The van der Waals surface area contributed by atoms with Crippen molar-refractivity contribution in [2.24, 2.45) is 5.92 Å². The van der Waals surface area contributed by atoms with Gasteiger partial charge in [0.15, 0.2) is 0 Å². The molecule has 134 valence electrons. The highest BCUT2D eigenvalue weighted by Crippen LogP contribution is 2.42. The molecule has 0 radical (unpaired) electrons. The van der Waals surface area contributed by atoms with Crippen molar-refractivity contribution in [3.8, 4) is 0 Å². The van der Waals surface area contributed by atoms with E-state index in [-0.39, 0.29) is 11.5 Å². The Bertz CT molecular complexity index is 638. The van der Waals surface area contributed by atoms with Gasteiger partial charge in [-0.15, -0.1) is 0 Å². The molecule has 1 aromatic heterocycles. The molecule has 2 fully saturated rings. The molecule has 2 saturated heterocycles. The number of allylic oxidation sites excluding steroid dienone is 1. The van der Waals surface area contributed by atoms with Gasteiger partial charge >= 0.3 is 0 Å². The van der Waals surface area contributed by atoms with Crippen LogP contribution in [0.15, 0.2) is 36.2 Å². The lowest BCUT2D eigenvalue weighted by Crippen LogP contribution is -2.66. The number of nitrogens with zero attached hydrogens (tertiary/aromatic N) is 2. The third-order valence-corrected chi connectivity index (χ3v) is 5.75. The number of pyridine rings is 1. The molecule has 1 spiro atoms. The van der Waals surface area contributed by atoms with Gasteiger partial charge < -0.3 is 14.4 Å². The highest BCUT2D eigenvalue weighted by Gasteiger charge is 2.54. The van der Waals surface area contributed by atoms with E-state index >= 15 is 0 Å². The molecule has 0 saturated carbocycles. The van der Waals surface area contributed by atoms with Crippen molar-refractivity contribution in [1.29, 1.82) is 0 Å². The number of hydrogen-bond donors (Lipinski definition) is 0. The van der Waals surface area contributed by atoms with E-state index in [0.29, 0.717) is 12.5 Å². The zero-order chi connectivity index (χ0) is 17.1. The van der Waals surface area contributed by atoms with E-state index in [1.165, 1.54) is 0 Å². The predicted molar refractivity (Wildman–Crippen MR) is 93.8 cm³/mol. The summed E-state index contributed by atoms with van der Waals surface area (Å²) in [6.45, 7) is 3.66. The molecule has 0 aromatic carbocycles. The second kappa shape index (κ2) is 7.26. The minimum Gasteiger partial charge on any atom is -0.377 e. The van der Waals surface area contributed by atoms with Crippen LogP contribution in [0.1, 0.15) is 37.7 Å². The standard InChI is InChI=1S/C20H26N2O3/c23-19(17-3-1-2-4-17)22-14-20(15-22)18(8-12-25-20)7-11-24-13-16-5-9-21-10-6-16/h3,5-6,9-10,18H,1-2,4,7-8,11-15H2/t18-/m1/s1. The number of likely N-dealkylation sites (tertiary alicyclic amines) is 1. The molecule has 1 amide bonds. The Morgan fingerprint density at radius 2 is 2.20 bits per heavy atom. The second-order valence-corrected chi connectivity index (χ2v) is 7.38. The number of carbonyl (C=O) groups is 1. The van der Waals surface area contributed by atoms with Crippen LogP contribution in [0.3, 0.4) is 0 Å². The van der Waals surface area contributed by atoms with Crippen molar-refractivity contribution in [3.63, 3.8) is 0 Å². The molecule has 1 aromatic rings. The molecule has 5 nitrogen and oxygen atoms in total. The Morgan fingerprint density at radius 1 is 1.36 bits per heavy atom. The van der Waals surface area contributed by atoms with Gasteiger partial charge in [0.2, 0.25) is 5.91 Å². The van der Waals surface area contributed by atoms with Gasteiger partial charge in [-0.1, -0.05) is 6.08 Å². The molecule has 5 heteroatoms. The number of carbonyl (C=O) groups excluding carboxylic acids is 1. The van der Waals surface area contributed by atoms with E-state index < -0.39 is 0 Å². The minimum atomic E-state index is -0.116. The Kier molecular flexibility index (Phi) is 4.86. The van der Waals surface area contributed by atoms with Crippen molar-refractivity contribution in [2.75, 3.05) is 26.3 Å². The third-order valence-electron chi connectivity index (χ3n) is 5.75. The fourth-order valence-corrected chi connectivity index (χ4v) is 4.25. The highest BCUT2D eigenvalue weighted by molar-refractivity contribution is 5.94. The zero-order valence-electron chi connectivity index (χ0n) is 14.7. The van der Waals surface area contributed by atoms with Gasteiger partial charge in [-0.25, -0.2) is 0 Å². The lowest BCUT2D eigenvalue weighted by molar-refractivity contribution is -0.162. The third kappa shape index (κ3) is 3.48. The smallest absolute Gasteiger partial charge is 0.249 e. The first-order valence-corrected chi connectivity index (χ1v) is 9.36. The largest absolute Gasteiger partial charge is 0.377 e. The summed E-state index contributed by atoms with van der Waals surface area (Å²) in [4.78, 5) is 18.4. The number of aromatic nitrogens is 1. The van der Waals surface area contributed by atoms with Crippen LogP contribution in [0.5, 0.6) is 0 Å². The fraction of sp³-hybridized carbons (Fsp3) is 0.600. The maximum absolute atomic E-state index is 12.5. The fourth-order valence-electron chi connectivity index (χ4n) is 4.25. The number of ether oxygens (including phenoxy) is 2. The molecule has 4 rings (SSSR count). The minimum absolute atomic E-state index is 0.116. The van der Waals surface area contributed by atoms with Gasteiger partial charge in [-0.05, 0) is 55.7 Å². The maximum atomic E-state index is 12.5. The first kappa shape index (κ1) is 16.7. The van der Waals surface area contributed by atoms with E-state index in [9.17, 15) is 4.79 Å². The molecule has 3 heterocycles. The predicted octanol–water partition coefficient (Wildman–Crippen LogP) is 2.72. The summed E-state index contributed by atoms with van der Waals surface area (Å²) in [5, 5.41) is 0. The number of amides is 1. The molecule has 1 aliphatic carbocycles. The summed E-state index contributed by atoms with van der Waals surface area (Å²) in [6.07, 6.45) is 10.9. The topological polar surface area (TPSA) is 51.7 Å². The van der Waals surface area contributed by atoms with Gasteiger partial charge in [0.1, 0.15) is 5.60 Å². The summed E-state index contributed by atoms with van der Waals surface area (Å²) in [5.74, 6) is 0.720. The number of hydrogen-bond acceptors (Lipinski definition) is 4. The molecule has 0 unspecified atom stereocenters. The molecule has 0 bridgehead atoms. The Morgan fingerprint density at radius 3 is 2.96 bits per heavy atom. The van der Waals surface area contributed by atoms with Crippen LogP contribution in [-0.2, 0) is 20.9 Å². The van der Waals surface area contributed by atoms with E-state index in [4.69, 9.17) is 9.47 Å². The van der Waals surface area contributed by atoms with Gasteiger partial charge in [0, 0.05) is 31.2 Å². The van der Waals surface area contributed by atoms with E-state index in [2.05, 4.69) is 11.1 Å². The van der Waals surface area contributed by atoms with Crippen molar-refractivity contribution in [3.05, 3.63) is 41.7 Å². The van der Waals surface area contributed by atoms with Gasteiger partial charge in [-0.2, -0.15) is 0 Å². The van der Waals surface area contributed by atoms with Crippen LogP contribution in [-0.4, -0.2) is 47.7 Å². The average molecular weight is 342 g/mol. The first-order valence-electron chi connectivity index (χ1n) is 9.36. The van der Waals surface area contributed by atoms with E-state index in [0.717, 1.165) is 69.5 Å². The quantitative estimate of drug-likeness (QED) is 0.746. The zero-order valence-corrected chi connectivity index (χ0v) is 14.7. The van der Waals surface area contributed by atoms with Crippen molar-refractivity contribution >= 4 is 5.91 Å². The van der Waals surface area contributed by atoms with Gasteiger partial charge in [0.05, 0.1) is 19.7 Å². The summed E-state index contributed by atoms with van der Waals surface area (Å²) in [6, 6.07) is 3.96. The molecule has 1 atom stereocenters. The van der Waals surface area contributed by atoms with Crippen LogP contribution >= 0.6 is 0 Å². The summed E-state index contributed by atoms with van der Waals surface area (Å²) < 4.78 is 11.9. The summed E-state index contributed by atoms with van der Waals surface area (Å²) in [7, 11) is 0. The Labute approximate surface area is 149 Å². The normalized spacial score (nSPS) is 24.4. The monoisotopic (exact) mass is 342 g/mol. The molecule has 2 aliphatic heterocycles. The average Bonchev–Trinajstić information content (AvgIpc) is 3.27. The SMILES string of the molecule is O=C(C1=CCCC1)N1CC2(C1)OCC[C@H]2CCOCc1ccncc1. The Hall–Kier alpha value is -1.72. The van der Waals surface area contributed by atoms with Crippen LogP contribution in [0.4, 0.5) is 0 Å². The van der Waals surface area contributed by atoms with Gasteiger partial charge in [0.25, 0.3) is 0 Å². The molecule has 0 N–H and O–H groups in total. The Balaban J connectivity index is 1.24. The second-order valence-electron chi connectivity index (χ2n) is 7.38. The van der Waals surface area contributed by atoms with Crippen molar-refractivity contribution < 1.29 is 14.3 Å². The molecular weight excluding hydrogens is 316 g/mol. The van der Waals surface area contributed by atoms with Crippen LogP contribution < -0.4 is 0 Å². The van der Waals surface area contributed by atoms with Crippen LogP contribution in [0.25, 0.3) is 0 Å². The lowest BCUT2D eigenvalue weighted by atomic mass is 9.79. The van der Waals surface area contributed by atoms with Crippen molar-refractivity contribution in [2.45, 2.75) is 44.3 Å². The summed E-state index contributed by atoms with van der Waals surface area (Å²) in [5.41, 5.74) is 2.04. The first-order chi connectivity index (χ1) is 12.3. The van der Waals surface area contributed by atoms with E-state index in [1.807, 2.05) is 17.0 Å². The molecule has 25 heavy (non-hydrogen) atoms. The molecular formula is C20H26N2O3. The summed E-state index contributed by atoms with van der Waals surface area (Å²) >= 11 is 0. The number of rotatable bonds is 6. The van der Waals surface area contributed by atoms with E-state index in [1.54, 1.807) is 12.4 Å². The van der Waals surface area contributed by atoms with Crippen LogP contribution in [0, 0.1) is 5.92 Å². The highest BCUT2D eigenvalue weighted by atomic mass is 16.5. The molecule has 3 aliphatic rings. The van der Waals surface area contributed by atoms with Gasteiger partial charge in [-0.3, -0.25) is 9.78 Å².